The SMILES string of the molecule is Cc1ccc(F)c(CN2CCNC(C)C2)c1.Cl. The van der Waals surface area contributed by atoms with E-state index in [4.69, 9.17) is 0 Å². The average molecular weight is 259 g/mol. The average Bonchev–Trinajstić information content (AvgIpc) is 2.24. The van der Waals surface area contributed by atoms with Crippen molar-refractivity contribution in [1.82, 2.24) is 10.2 Å². The van der Waals surface area contributed by atoms with E-state index in [0.29, 0.717) is 6.04 Å². The highest BCUT2D eigenvalue weighted by Crippen LogP contribution is 2.13. The molecule has 1 heterocycles. The van der Waals surface area contributed by atoms with Gasteiger partial charge in [0, 0.05) is 37.8 Å². The van der Waals surface area contributed by atoms with Gasteiger partial charge in [-0.25, -0.2) is 4.39 Å². The summed E-state index contributed by atoms with van der Waals surface area (Å²) in [6.45, 7) is 7.88. The van der Waals surface area contributed by atoms with Crippen molar-refractivity contribution < 1.29 is 4.39 Å². The highest BCUT2D eigenvalue weighted by atomic mass is 35.5. The van der Waals surface area contributed by atoms with Crippen molar-refractivity contribution in [2.45, 2.75) is 26.4 Å². The lowest BCUT2D eigenvalue weighted by molar-refractivity contribution is 0.197. The number of piperazine rings is 1. The summed E-state index contributed by atoms with van der Waals surface area (Å²) in [5.41, 5.74) is 1.94. The summed E-state index contributed by atoms with van der Waals surface area (Å²) in [6, 6.07) is 5.83. The molecule has 1 aliphatic heterocycles. The Kier molecular flexibility index (Phi) is 5.37. The van der Waals surface area contributed by atoms with E-state index >= 15 is 0 Å². The number of nitrogens with one attached hydrogen (secondary N) is 1. The second-order valence-corrected chi connectivity index (χ2v) is 4.69. The smallest absolute Gasteiger partial charge is 0.127 e. The molecule has 0 aliphatic carbocycles. The fourth-order valence-electron chi connectivity index (χ4n) is 2.22. The molecule has 96 valence electrons. The first-order valence-electron chi connectivity index (χ1n) is 5.86. The first kappa shape index (κ1) is 14.4. The third kappa shape index (κ3) is 3.95. The molecule has 0 amide bonds. The maximum Gasteiger partial charge on any atom is 0.127 e. The van der Waals surface area contributed by atoms with Gasteiger partial charge in [-0.05, 0) is 19.9 Å². The number of halogens is 2. The normalized spacial score (nSPS) is 21.0. The molecule has 2 rings (SSSR count). The topological polar surface area (TPSA) is 15.3 Å². The van der Waals surface area contributed by atoms with E-state index in [1.165, 1.54) is 0 Å². The molecule has 0 aromatic heterocycles. The Morgan fingerprint density at radius 2 is 2.24 bits per heavy atom. The molecule has 17 heavy (non-hydrogen) atoms. The van der Waals surface area contributed by atoms with Gasteiger partial charge in [0.2, 0.25) is 0 Å². The largest absolute Gasteiger partial charge is 0.312 e. The molecule has 1 aliphatic rings. The van der Waals surface area contributed by atoms with E-state index in [0.717, 1.165) is 37.3 Å². The van der Waals surface area contributed by atoms with E-state index in [-0.39, 0.29) is 18.2 Å². The van der Waals surface area contributed by atoms with Crippen LogP contribution in [0.25, 0.3) is 0 Å². The highest BCUT2D eigenvalue weighted by molar-refractivity contribution is 5.85. The molecule has 1 saturated heterocycles. The van der Waals surface area contributed by atoms with Crippen LogP contribution in [-0.4, -0.2) is 30.6 Å². The number of aryl methyl sites for hydroxylation is 1. The van der Waals surface area contributed by atoms with Crippen LogP contribution in [0, 0.1) is 12.7 Å². The van der Waals surface area contributed by atoms with Crippen LogP contribution in [0.15, 0.2) is 18.2 Å². The Labute approximate surface area is 109 Å². The van der Waals surface area contributed by atoms with Crippen LogP contribution in [-0.2, 0) is 6.54 Å². The van der Waals surface area contributed by atoms with Crippen molar-refractivity contribution in [3.63, 3.8) is 0 Å². The zero-order chi connectivity index (χ0) is 11.5. The van der Waals surface area contributed by atoms with Crippen LogP contribution < -0.4 is 5.32 Å². The minimum Gasteiger partial charge on any atom is -0.312 e. The fraction of sp³-hybridized carbons (Fsp3) is 0.538. The maximum absolute atomic E-state index is 13.6. The summed E-state index contributed by atoms with van der Waals surface area (Å²) in [6.07, 6.45) is 0. The van der Waals surface area contributed by atoms with E-state index in [9.17, 15) is 4.39 Å². The molecule has 1 aromatic carbocycles. The van der Waals surface area contributed by atoms with Gasteiger partial charge in [-0.3, -0.25) is 4.90 Å². The van der Waals surface area contributed by atoms with Gasteiger partial charge in [0.15, 0.2) is 0 Å². The summed E-state index contributed by atoms with van der Waals surface area (Å²) in [4.78, 5) is 2.30. The van der Waals surface area contributed by atoms with Crippen molar-refractivity contribution in [2.24, 2.45) is 0 Å². The van der Waals surface area contributed by atoms with Gasteiger partial charge in [0.05, 0.1) is 0 Å². The Bertz CT molecular complexity index is 370. The summed E-state index contributed by atoms with van der Waals surface area (Å²) in [5.74, 6) is -0.0863. The molecular weight excluding hydrogens is 239 g/mol. The van der Waals surface area contributed by atoms with Crippen molar-refractivity contribution >= 4 is 12.4 Å². The summed E-state index contributed by atoms with van der Waals surface area (Å²) in [7, 11) is 0. The van der Waals surface area contributed by atoms with Gasteiger partial charge in [0.25, 0.3) is 0 Å². The number of benzene rings is 1. The highest BCUT2D eigenvalue weighted by Gasteiger charge is 2.16. The molecule has 0 bridgehead atoms. The minimum absolute atomic E-state index is 0. The number of rotatable bonds is 2. The molecule has 0 radical (unpaired) electrons. The van der Waals surface area contributed by atoms with Crippen LogP contribution in [0.5, 0.6) is 0 Å². The first-order chi connectivity index (χ1) is 7.65. The van der Waals surface area contributed by atoms with Crippen LogP contribution >= 0.6 is 12.4 Å². The quantitative estimate of drug-likeness (QED) is 0.876. The van der Waals surface area contributed by atoms with Crippen molar-refractivity contribution in [1.29, 1.82) is 0 Å². The third-order valence-corrected chi connectivity index (χ3v) is 3.05. The van der Waals surface area contributed by atoms with E-state index in [2.05, 4.69) is 17.1 Å². The summed E-state index contributed by atoms with van der Waals surface area (Å²) < 4.78 is 13.6. The Balaban J connectivity index is 0.00000144. The molecule has 1 aromatic rings. The summed E-state index contributed by atoms with van der Waals surface area (Å²) >= 11 is 0. The number of nitrogens with zero attached hydrogens (tertiary/aromatic N) is 1. The Morgan fingerprint density at radius 1 is 1.47 bits per heavy atom. The first-order valence-corrected chi connectivity index (χ1v) is 5.86. The standard InChI is InChI=1S/C13H19FN2.ClH/c1-10-3-4-13(14)12(7-10)9-16-6-5-15-11(2)8-16;/h3-4,7,11,15H,5-6,8-9H2,1-2H3;1H. The predicted octanol–water partition coefficient (Wildman–Crippen LogP) is 2.35. The van der Waals surface area contributed by atoms with Crippen LogP contribution in [0.3, 0.4) is 0 Å². The number of hydrogen-bond acceptors (Lipinski definition) is 2. The van der Waals surface area contributed by atoms with Crippen molar-refractivity contribution in [3.8, 4) is 0 Å². The molecule has 1 N–H and O–H groups in total. The van der Waals surface area contributed by atoms with Gasteiger partial charge >= 0.3 is 0 Å². The van der Waals surface area contributed by atoms with Gasteiger partial charge < -0.3 is 5.32 Å². The monoisotopic (exact) mass is 258 g/mol. The van der Waals surface area contributed by atoms with Gasteiger partial charge in [-0.2, -0.15) is 0 Å². The predicted molar refractivity (Wildman–Crippen MR) is 71.1 cm³/mol. The van der Waals surface area contributed by atoms with E-state index < -0.39 is 0 Å². The van der Waals surface area contributed by atoms with Gasteiger partial charge in [-0.15, -0.1) is 12.4 Å². The lowest BCUT2D eigenvalue weighted by atomic mass is 10.1. The lowest BCUT2D eigenvalue weighted by Crippen LogP contribution is -2.48. The zero-order valence-electron chi connectivity index (χ0n) is 10.4. The van der Waals surface area contributed by atoms with Crippen LogP contribution in [0.4, 0.5) is 4.39 Å². The summed E-state index contributed by atoms with van der Waals surface area (Å²) in [5, 5.41) is 3.39. The molecule has 2 nitrogen and oxygen atoms in total. The van der Waals surface area contributed by atoms with Gasteiger partial charge in [0.1, 0.15) is 5.82 Å². The third-order valence-electron chi connectivity index (χ3n) is 3.05. The molecule has 0 spiro atoms. The van der Waals surface area contributed by atoms with Crippen molar-refractivity contribution in [2.75, 3.05) is 19.6 Å². The number of hydrogen-bond donors (Lipinski definition) is 1. The molecule has 4 heteroatoms. The molecule has 1 atom stereocenters. The van der Waals surface area contributed by atoms with E-state index in [1.807, 2.05) is 19.1 Å². The maximum atomic E-state index is 13.6. The molecular formula is C13H20ClFN2. The van der Waals surface area contributed by atoms with Crippen molar-refractivity contribution in [3.05, 3.63) is 35.1 Å². The van der Waals surface area contributed by atoms with Gasteiger partial charge in [-0.1, -0.05) is 17.7 Å². The molecule has 0 saturated carbocycles. The van der Waals surface area contributed by atoms with Crippen LogP contribution in [0.2, 0.25) is 0 Å². The fourth-order valence-corrected chi connectivity index (χ4v) is 2.22. The molecule has 1 fully saturated rings. The Morgan fingerprint density at radius 3 is 2.94 bits per heavy atom. The zero-order valence-corrected chi connectivity index (χ0v) is 11.2. The minimum atomic E-state index is -0.0863. The molecule has 1 unspecified atom stereocenters. The second-order valence-electron chi connectivity index (χ2n) is 4.69. The Hall–Kier alpha value is -0.640. The van der Waals surface area contributed by atoms with Crippen LogP contribution in [0.1, 0.15) is 18.1 Å². The van der Waals surface area contributed by atoms with E-state index in [1.54, 1.807) is 6.07 Å². The second kappa shape index (κ2) is 6.34. The lowest BCUT2D eigenvalue weighted by Gasteiger charge is -2.31.